The third kappa shape index (κ3) is 3.93. The van der Waals surface area contributed by atoms with Crippen molar-refractivity contribution < 1.29 is 14.3 Å². The minimum atomic E-state index is -0.788. The van der Waals surface area contributed by atoms with Crippen LogP contribution in [0.15, 0.2) is 70.5 Å². The van der Waals surface area contributed by atoms with Gasteiger partial charge in [-0.2, -0.15) is 20.5 Å². The highest BCUT2D eigenvalue weighted by Gasteiger charge is 2.40. The number of hydrogen-bond donors (Lipinski definition) is 0. The zero-order valence-electron chi connectivity index (χ0n) is 18.3. The SMILES string of the molecule is COc1ccccc1C1=NN(C(=O)OC(C)(C)C)C2c3ccccc3C=NN2C(C#N)=C1. The molecule has 0 aliphatic carbocycles. The van der Waals surface area contributed by atoms with E-state index in [0.29, 0.717) is 17.0 Å². The van der Waals surface area contributed by atoms with Gasteiger partial charge in [-0.25, -0.2) is 9.80 Å². The molecule has 32 heavy (non-hydrogen) atoms. The minimum Gasteiger partial charge on any atom is -0.496 e. The van der Waals surface area contributed by atoms with E-state index in [2.05, 4.69) is 16.3 Å². The van der Waals surface area contributed by atoms with E-state index in [1.54, 1.807) is 46.2 Å². The standard InChI is InChI=1S/C24H23N5O3/c1-24(2,3)32-23(30)29-22-18-10-6-5-9-16(18)15-26-28(22)17(14-25)13-20(27-29)19-11-7-8-12-21(19)31-4/h5-13,15,22H,1-4H3. The molecule has 4 rings (SSSR count). The van der Waals surface area contributed by atoms with Gasteiger partial charge in [-0.3, -0.25) is 0 Å². The maximum absolute atomic E-state index is 13.3. The fourth-order valence-corrected chi connectivity index (χ4v) is 3.53. The van der Waals surface area contributed by atoms with E-state index >= 15 is 0 Å². The summed E-state index contributed by atoms with van der Waals surface area (Å²) in [6, 6.07) is 17.0. The topological polar surface area (TPSA) is 90.5 Å². The van der Waals surface area contributed by atoms with Crippen molar-refractivity contribution in [1.29, 1.82) is 5.26 Å². The highest BCUT2D eigenvalue weighted by Crippen LogP contribution is 2.37. The largest absolute Gasteiger partial charge is 0.496 e. The van der Waals surface area contributed by atoms with Crippen molar-refractivity contribution in [3.63, 3.8) is 0 Å². The molecule has 2 aromatic rings. The fraction of sp³-hybridized carbons (Fsp3) is 0.250. The quantitative estimate of drug-likeness (QED) is 0.705. The summed E-state index contributed by atoms with van der Waals surface area (Å²) in [6.45, 7) is 5.37. The molecular weight excluding hydrogens is 406 g/mol. The number of nitrogens with zero attached hydrogens (tertiary/aromatic N) is 5. The molecule has 0 fully saturated rings. The number of amides is 1. The first-order valence-corrected chi connectivity index (χ1v) is 10.1. The summed E-state index contributed by atoms with van der Waals surface area (Å²) >= 11 is 0. The molecule has 1 unspecified atom stereocenters. The number of benzene rings is 2. The maximum Gasteiger partial charge on any atom is 0.433 e. The summed E-state index contributed by atoms with van der Waals surface area (Å²) in [4.78, 5) is 13.3. The van der Waals surface area contributed by atoms with Crippen LogP contribution < -0.4 is 4.74 Å². The number of nitriles is 1. The second-order valence-electron chi connectivity index (χ2n) is 8.24. The van der Waals surface area contributed by atoms with Crippen LogP contribution in [-0.2, 0) is 4.74 Å². The van der Waals surface area contributed by atoms with Gasteiger partial charge in [-0.15, -0.1) is 0 Å². The van der Waals surface area contributed by atoms with E-state index in [0.717, 1.165) is 11.1 Å². The van der Waals surface area contributed by atoms with Gasteiger partial charge in [0.2, 0.25) is 0 Å². The van der Waals surface area contributed by atoms with Crippen LogP contribution in [0.5, 0.6) is 5.75 Å². The van der Waals surface area contributed by atoms with E-state index in [1.807, 2.05) is 42.5 Å². The van der Waals surface area contributed by atoms with Crippen molar-refractivity contribution in [1.82, 2.24) is 10.0 Å². The smallest absolute Gasteiger partial charge is 0.433 e. The van der Waals surface area contributed by atoms with Crippen molar-refractivity contribution in [2.24, 2.45) is 10.2 Å². The molecule has 0 saturated carbocycles. The molecule has 1 atom stereocenters. The van der Waals surface area contributed by atoms with Crippen LogP contribution in [0.1, 0.15) is 43.6 Å². The van der Waals surface area contributed by atoms with Crippen LogP contribution in [0, 0.1) is 11.3 Å². The number of hydrazone groups is 2. The number of para-hydroxylation sites is 1. The normalized spacial score (nSPS) is 17.3. The van der Waals surface area contributed by atoms with Gasteiger partial charge >= 0.3 is 6.09 Å². The lowest BCUT2D eigenvalue weighted by atomic mass is 10.0. The van der Waals surface area contributed by atoms with E-state index < -0.39 is 17.9 Å². The summed E-state index contributed by atoms with van der Waals surface area (Å²) in [7, 11) is 1.56. The molecule has 0 radical (unpaired) electrons. The summed E-state index contributed by atoms with van der Waals surface area (Å²) < 4.78 is 11.2. The molecule has 8 heteroatoms. The Bertz CT molecular complexity index is 1190. The van der Waals surface area contributed by atoms with E-state index in [-0.39, 0.29) is 5.70 Å². The van der Waals surface area contributed by atoms with Crippen LogP contribution in [0.2, 0.25) is 0 Å². The van der Waals surface area contributed by atoms with Crippen LogP contribution in [-0.4, -0.2) is 40.7 Å². The number of methoxy groups -OCH3 is 1. The van der Waals surface area contributed by atoms with Gasteiger partial charge in [0, 0.05) is 22.8 Å². The molecular formula is C24H23N5O3. The molecule has 2 aliphatic rings. The second-order valence-corrected chi connectivity index (χ2v) is 8.24. The van der Waals surface area contributed by atoms with Crippen LogP contribution in [0.3, 0.4) is 0 Å². The molecule has 0 saturated heterocycles. The highest BCUT2D eigenvalue weighted by atomic mass is 16.6. The number of allylic oxidation sites excluding steroid dienone is 2. The van der Waals surface area contributed by atoms with Crippen molar-refractivity contribution in [3.8, 4) is 11.8 Å². The average molecular weight is 429 g/mol. The zero-order valence-corrected chi connectivity index (χ0v) is 18.3. The molecule has 8 nitrogen and oxygen atoms in total. The number of fused-ring (bicyclic) bond motifs is 3. The Morgan fingerprint density at radius 3 is 2.56 bits per heavy atom. The van der Waals surface area contributed by atoms with Crippen molar-refractivity contribution >= 4 is 18.0 Å². The van der Waals surface area contributed by atoms with Crippen LogP contribution >= 0.6 is 0 Å². The molecule has 162 valence electrons. The van der Waals surface area contributed by atoms with Gasteiger partial charge in [0.1, 0.15) is 23.1 Å². The van der Waals surface area contributed by atoms with Crippen molar-refractivity contribution in [2.75, 3.05) is 7.11 Å². The minimum absolute atomic E-state index is 0.233. The first-order chi connectivity index (χ1) is 15.3. The van der Waals surface area contributed by atoms with Gasteiger partial charge in [0.25, 0.3) is 0 Å². The lowest BCUT2D eigenvalue weighted by Gasteiger charge is -2.36. The summed E-state index contributed by atoms with van der Waals surface area (Å²) in [5.41, 5.74) is 2.11. The molecule has 0 aromatic heterocycles. The Balaban J connectivity index is 1.94. The lowest BCUT2D eigenvalue weighted by Crippen LogP contribution is -2.43. The van der Waals surface area contributed by atoms with E-state index in [9.17, 15) is 10.1 Å². The molecule has 1 amide bonds. The first kappa shape index (κ1) is 21.1. The zero-order chi connectivity index (χ0) is 22.9. The second kappa shape index (κ2) is 8.19. The molecule has 0 bridgehead atoms. The highest BCUT2D eigenvalue weighted by molar-refractivity contribution is 6.11. The number of carbonyl (C=O) groups is 1. The van der Waals surface area contributed by atoms with Crippen molar-refractivity contribution in [3.05, 3.63) is 77.0 Å². The molecule has 0 N–H and O–H groups in total. The third-order valence-corrected chi connectivity index (χ3v) is 4.87. The average Bonchev–Trinajstić information content (AvgIpc) is 2.95. The number of hydrogen-bond acceptors (Lipinski definition) is 7. The van der Waals surface area contributed by atoms with Gasteiger partial charge in [-0.1, -0.05) is 36.4 Å². The van der Waals surface area contributed by atoms with Gasteiger partial charge in [0.15, 0.2) is 6.17 Å². The fourth-order valence-electron chi connectivity index (χ4n) is 3.53. The Hall–Kier alpha value is -4.12. The third-order valence-electron chi connectivity index (χ3n) is 4.87. The summed E-state index contributed by atoms with van der Waals surface area (Å²) in [5, 5.41) is 21.8. The lowest BCUT2D eigenvalue weighted by molar-refractivity contribution is -0.00432. The number of carbonyl (C=O) groups excluding carboxylic acids is 1. The predicted octanol–water partition coefficient (Wildman–Crippen LogP) is 4.41. The van der Waals surface area contributed by atoms with Gasteiger partial charge in [0.05, 0.1) is 19.0 Å². The predicted molar refractivity (Wildman–Crippen MR) is 120 cm³/mol. The molecule has 0 spiro atoms. The Morgan fingerprint density at radius 1 is 1.12 bits per heavy atom. The molecule has 2 aromatic carbocycles. The number of ether oxygens (including phenoxy) is 2. The van der Waals surface area contributed by atoms with Crippen LogP contribution in [0.4, 0.5) is 4.79 Å². The van der Waals surface area contributed by atoms with Gasteiger partial charge in [-0.05, 0) is 32.9 Å². The Morgan fingerprint density at radius 2 is 1.84 bits per heavy atom. The number of rotatable bonds is 2. The van der Waals surface area contributed by atoms with Crippen molar-refractivity contribution in [2.45, 2.75) is 32.5 Å². The summed E-state index contributed by atoms with van der Waals surface area (Å²) in [6.07, 6.45) is 1.82. The summed E-state index contributed by atoms with van der Waals surface area (Å²) in [5.74, 6) is 0.563. The Labute approximate surface area is 186 Å². The Kier molecular flexibility index (Phi) is 5.41. The monoisotopic (exact) mass is 429 g/mol. The maximum atomic E-state index is 13.3. The molecule has 2 heterocycles. The van der Waals surface area contributed by atoms with Crippen LogP contribution in [0.25, 0.3) is 0 Å². The van der Waals surface area contributed by atoms with Gasteiger partial charge < -0.3 is 9.47 Å². The van der Waals surface area contributed by atoms with E-state index in [4.69, 9.17) is 9.47 Å². The van der Waals surface area contributed by atoms with E-state index in [1.165, 1.54) is 10.0 Å². The first-order valence-electron chi connectivity index (χ1n) is 10.1. The molecule has 2 aliphatic heterocycles.